The summed E-state index contributed by atoms with van der Waals surface area (Å²) in [4.78, 5) is 13.1. The van der Waals surface area contributed by atoms with Gasteiger partial charge in [0.2, 0.25) is 12.3 Å². The first-order chi connectivity index (χ1) is 12.3. The van der Waals surface area contributed by atoms with Crippen molar-refractivity contribution < 1.29 is 27.4 Å². The number of aromatic nitrogens is 1. The Morgan fingerprint density at radius 1 is 1.23 bits per heavy atom. The molecule has 10 heteroatoms. The van der Waals surface area contributed by atoms with Crippen molar-refractivity contribution in [1.82, 2.24) is 10.4 Å². The van der Waals surface area contributed by atoms with E-state index < -0.39 is 6.36 Å². The van der Waals surface area contributed by atoms with Crippen LogP contribution in [0.3, 0.4) is 0 Å². The molecule has 7 nitrogen and oxygen atoms in total. The van der Waals surface area contributed by atoms with E-state index in [9.17, 15) is 13.2 Å². The van der Waals surface area contributed by atoms with Gasteiger partial charge in [-0.15, -0.1) is 13.2 Å². The summed E-state index contributed by atoms with van der Waals surface area (Å²) in [6.45, 7) is 1.70. The van der Waals surface area contributed by atoms with Crippen LogP contribution in [0, 0.1) is 6.92 Å². The molecular formula is C16H19F3N4O3. The molecule has 0 radical (unpaired) electrons. The van der Waals surface area contributed by atoms with Crippen molar-refractivity contribution >= 4 is 12.1 Å². The number of carbonyl (C=O) groups excluding carboxylic acids is 1. The second kappa shape index (κ2) is 10.1. The molecule has 0 aliphatic heterocycles. The number of hydrogen-bond donors (Lipinski definition) is 3. The molecule has 0 fully saturated rings. The maximum absolute atomic E-state index is 12.5. The highest BCUT2D eigenvalue weighted by Crippen LogP contribution is 2.31. The van der Waals surface area contributed by atoms with Gasteiger partial charge >= 0.3 is 6.36 Å². The van der Waals surface area contributed by atoms with Crippen LogP contribution in [0.2, 0.25) is 0 Å². The zero-order valence-corrected chi connectivity index (χ0v) is 14.1. The second-order valence-corrected chi connectivity index (χ2v) is 4.77. The minimum atomic E-state index is -4.76. The molecule has 0 aliphatic carbocycles. The standard InChI is InChI=1S/C15H15F3N2O2.CH4N2O/c1-10-5-3-8-14(20-10)21-9-11-12(19-2)6-4-7-13(11)22-15(16,17)18;2-3-1-4/h3-8,19H,9H2,1-2H3;1H,2H2,(H,3,4). The van der Waals surface area contributed by atoms with Crippen molar-refractivity contribution in [2.24, 2.45) is 5.84 Å². The van der Waals surface area contributed by atoms with Crippen molar-refractivity contribution in [3.8, 4) is 11.6 Å². The van der Waals surface area contributed by atoms with Crippen LogP contribution in [-0.2, 0) is 11.4 Å². The lowest BCUT2D eigenvalue weighted by atomic mass is 10.1. The molecule has 142 valence electrons. The zero-order chi connectivity index (χ0) is 19.6. The summed E-state index contributed by atoms with van der Waals surface area (Å²) in [5.41, 5.74) is 3.27. The number of halogens is 3. The summed E-state index contributed by atoms with van der Waals surface area (Å²) >= 11 is 0. The summed E-state index contributed by atoms with van der Waals surface area (Å²) in [7, 11) is 1.61. The number of nitrogens with one attached hydrogen (secondary N) is 2. The molecule has 0 spiro atoms. The quantitative estimate of drug-likeness (QED) is 0.312. The van der Waals surface area contributed by atoms with Gasteiger partial charge in [-0.2, -0.15) is 0 Å². The van der Waals surface area contributed by atoms with Crippen LogP contribution in [0.1, 0.15) is 11.3 Å². The molecule has 4 N–H and O–H groups in total. The van der Waals surface area contributed by atoms with E-state index in [2.05, 4.69) is 20.9 Å². The topological polar surface area (TPSA) is 98.5 Å². The highest BCUT2D eigenvalue weighted by molar-refractivity contribution is 5.57. The highest BCUT2D eigenvalue weighted by atomic mass is 19.4. The summed E-state index contributed by atoms with van der Waals surface area (Å²) in [5, 5.41) is 2.82. The molecular weight excluding hydrogens is 353 g/mol. The normalized spacial score (nSPS) is 10.2. The number of anilines is 1. The van der Waals surface area contributed by atoms with Crippen molar-refractivity contribution in [1.29, 1.82) is 0 Å². The Bertz CT molecular complexity index is 711. The lowest BCUT2D eigenvalue weighted by molar-refractivity contribution is -0.275. The third-order valence-electron chi connectivity index (χ3n) is 2.92. The van der Waals surface area contributed by atoms with Gasteiger partial charge in [-0.05, 0) is 25.1 Å². The van der Waals surface area contributed by atoms with Crippen molar-refractivity contribution in [3.05, 3.63) is 47.7 Å². The van der Waals surface area contributed by atoms with E-state index in [1.807, 2.05) is 0 Å². The second-order valence-electron chi connectivity index (χ2n) is 4.77. The Morgan fingerprint density at radius 2 is 1.88 bits per heavy atom. The van der Waals surface area contributed by atoms with Crippen LogP contribution in [0.25, 0.3) is 0 Å². The lowest BCUT2D eigenvalue weighted by Crippen LogP contribution is -2.19. The first-order valence-corrected chi connectivity index (χ1v) is 7.32. The molecule has 1 heterocycles. The molecule has 1 aromatic heterocycles. The van der Waals surface area contributed by atoms with Crippen LogP contribution in [0.15, 0.2) is 36.4 Å². The Labute approximate surface area is 148 Å². The molecule has 0 unspecified atom stereocenters. The average Bonchev–Trinajstić information content (AvgIpc) is 2.59. The number of benzene rings is 1. The van der Waals surface area contributed by atoms with Gasteiger partial charge in [-0.3, -0.25) is 10.2 Å². The third kappa shape index (κ3) is 7.26. The van der Waals surface area contributed by atoms with E-state index in [-0.39, 0.29) is 17.9 Å². The van der Waals surface area contributed by atoms with Crippen molar-refractivity contribution in [2.75, 3.05) is 12.4 Å². The van der Waals surface area contributed by atoms with Crippen LogP contribution < -0.4 is 26.1 Å². The van der Waals surface area contributed by atoms with Crippen LogP contribution in [0.5, 0.6) is 11.6 Å². The van der Waals surface area contributed by atoms with E-state index >= 15 is 0 Å². The number of rotatable bonds is 6. The molecule has 0 aliphatic rings. The van der Waals surface area contributed by atoms with Gasteiger partial charge in [0.1, 0.15) is 12.4 Å². The monoisotopic (exact) mass is 372 g/mol. The number of nitrogens with two attached hydrogens (primary N) is 1. The molecule has 26 heavy (non-hydrogen) atoms. The van der Waals surface area contributed by atoms with Gasteiger partial charge in [0.15, 0.2) is 0 Å². The number of ether oxygens (including phenoxy) is 2. The number of aryl methyl sites for hydroxylation is 1. The number of carbonyl (C=O) groups is 1. The minimum absolute atomic E-state index is 0.0983. The molecule has 1 amide bonds. The van der Waals surface area contributed by atoms with Gasteiger partial charge in [0.05, 0.1) is 5.56 Å². The molecule has 0 bridgehead atoms. The number of hydrazine groups is 1. The van der Waals surface area contributed by atoms with Gasteiger partial charge < -0.3 is 14.8 Å². The number of hydrogen-bond acceptors (Lipinski definition) is 6. The van der Waals surface area contributed by atoms with E-state index in [1.165, 1.54) is 12.1 Å². The van der Waals surface area contributed by atoms with Crippen LogP contribution in [0.4, 0.5) is 18.9 Å². The van der Waals surface area contributed by atoms with Gasteiger partial charge in [-0.25, -0.2) is 10.8 Å². The number of nitrogens with zero attached hydrogens (tertiary/aromatic N) is 1. The number of alkyl halides is 3. The molecule has 2 rings (SSSR count). The molecule has 0 saturated heterocycles. The fourth-order valence-electron chi connectivity index (χ4n) is 1.91. The van der Waals surface area contributed by atoms with Crippen LogP contribution in [-0.4, -0.2) is 24.8 Å². The third-order valence-corrected chi connectivity index (χ3v) is 2.92. The molecule has 2 aromatic rings. The van der Waals surface area contributed by atoms with Gasteiger partial charge in [0, 0.05) is 24.5 Å². The Hall–Kier alpha value is -3.01. The Morgan fingerprint density at radius 3 is 2.42 bits per heavy atom. The largest absolute Gasteiger partial charge is 0.573 e. The highest BCUT2D eigenvalue weighted by Gasteiger charge is 2.32. The molecule has 0 atom stereocenters. The molecule has 1 aromatic carbocycles. The maximum Gasteiger partial charge on any atom is 0.573 e. The summed E-state index contributed by atoms with van der Waals surface area (Å²) in [6, 6.07) is 9.56. The summed E-state index contributed by atoms with van der Waals surface area (Å²) in [5.74, 6) is 4.45. The van der Waals surface area contributed by atoms with E-state index in [1.54, 1.807) is 43.7 Å². The van der Waals surface area contributed by atoms with Gasteiger partial charge in [-0.1, -0.05) is 12.1 Å². The summed E-state index contributed by atoms with van der Waals surface area (Å²) < 4.78 is 47.0. The Balaban J connectivity index is 0.000000765. The van der Waals surface area contributed by atoms with Crippen LogP contribution >= 0.6 is 0 Å². The summed E-state index contributed by atoms with van der Waals surface area (Å²) in [6.07, 6.45) is -4.36. The SMILES string of the molecule is CNc1cccc(OC(F)(F)F)c1COc1cccc(C)n1.NNC=O. The van der Waals surface area contributed by atoms with Gasteiger partial charge in [0.25, 0.3) is 0 Å². The van der Waals surface area contributed by atoms with Crippen molar-refractivity contribution in [2.45, 2.75) is 19.9 Å². The first-order valence-electron chi connectivity index (χ1n) is 7.32. The lowest BCUT2D eigenvalue weighted by Gasteiger charge is -2.16. The number of pyridine rings is 1. The fourth-order valence-corrected chi connectivity index (χ4v) is 1.91. The predicted molar refractivity (Wildman–Crippen MR) is 89.4 cm³/mol. The Kier molecular flexibility index (Phi) is 8.16. The smallest absolute Gasteiger partial charge is 0.473 e. The van der Waals surface area contributed by atoms with E-state index in [4.69, 9.17) is 9.53 Å². The van der Waals surface area contributed by atoms with Crippen molar-refractivity contribution in [3.63, 3.8) is 0 Å². The molecule has 0 saturated carbocycles. The zero-order valence-electron chi connectivity index (χ0n) is 14.1. The average molecular weight is 372 g/mol. The predicted octanol–water partition coefficient (Wildman–Crippen LogP) is 2.52. The fraction of sp³-hybridized carbons (Fsp3) is 0.250. The minimum Gasteiger partial charge on any atom is -0.473 e. The van der Waals surface area contributed by atoms with E-state index in [0.717, 1.165) is 5.69 Å². The first kappa shape index (κ1) is 21.0. The maximum atomic E-state index is 12.5. The number of amides is 1. The van der Waals surface area contributed by atoms with E-state index in [0.29, 0.717) is 18.0 Å².